The highest BCUT2D eigenvalue weighted by atomic mass is 16.5. The number of ether oxygens (including phenoxy) is 1. The number of aromatic nitrogens is 5. The number of pyridine rings is 1. The summed E-state index contributed by atoms with van der Waals surface area (Å²) in [6, 6.07) is 13.6. The third-order valence-corrected chi connectivity index (χ3v) is 6.63. The molecule has 4 heterocycles. The van der Waals surface area contributed by atoms with Crippen molar-refractivity contribution in [2.45, 2.75) is 19.9 Å². The predicted octanol–water partition coefficient (Wildman–Crippen LogP) is 4.18. The first-order valence-electron chi connectivity index (χ1n) is 12.1. The first-order valence-corrected chi connectivity index (χ1v) is 12.1. The SMILES string of the molecule is Cc1cc(N2CCOCC2)cc2[nH]c(-c3c(N[C@@H](C)c4ncccn4)c4ccccc4[nH]c3=O)nc12. The van der Waals surface area contributed by atoms with Crippen LogP contribution in [-0.2, 0) is 4.74 Å². The highest BCUT2D eigenvalue weighted by molar-refractivity contribution is 5.99. The maximum atomic E-state index is 13.4. The van der Waals surface area contributed by atoms with E-state index in [0.29, 0.717) is 22.9 Å². The van der Waals surface area contributed by atoms with E-state index in [1.54, 1.807) is 18.5 Å². The lowest BCUT2D eigenvalue weighted by molar-refractivity contribution is 0.122. The van der Waals surface area contributed by atoms with Crippen LogP contribution in [0.4, 0.5) is 11.4 Å². The minimum Gasteiger partial charge on any atom is -0.378 e. The average molecular weight is 482 g/mol. The molecule has 36 heavy (non-hydrogen) atoms. The largest absolute Gasteiger partial charge is 0.378 e. The quantitative estimate of drug-likeness (QED) is 0.345. The molecule has 5 aromatic rings. The Morgan fingerprint density at radius 1 is 1.03 bits per heavy atom. The van der Waals surface area contributed by atoms with Crippen molar-refractivity contribution in [3.8, 4) is 11.4 Å². The van der Waals surface area contributed by atoms with Gasteiger partial charge in [0, 0.05) is 36.6 Å². The standard InChI is InChI=1S/C27H27N7O2/c1-16-14-18(34-10-12-36-13-11-34)15-21-23(16)33-26(31-21)22-24(30-17(2)25-28-8-5-9-29-25)19-6-3-4-7-20(19)32-27(22)35/h3-9,14-15,17H,10-13H2,1-2H3,(H,31,33)(H2,30,32,35)/t17-/m0/s1. The number of hydrogen-bond donors (Lipinski definition) is 3. The van der Waals surface area contributed by atoms with Gasteiger partial charge in [-0.25, -0.2) is 15.0 Å². The maximum absolute atomic E-state index is 13.4. The van der Waals surface area contributed by atoms with Crippen molar-refractivity contribution in [2.24, 2.45) is 0 Å². The van der Waals surface area contributed by atoms with Gasteiger partial charge in [0.1, 0.15) is 17.2 Å². The molecule has 0 bridgehead atoms. The molecule has 0 unspecified atom stereocenters. The molecule has 0 amide bonds. The third-order valence-electron chi connectivity index (χ3n) is 6.63. The lowest BCUT2D eigenvalue weighted by atomic mass is 10.1. The molecule has 9 nitrogen and oxygen atoms in total. The van der Waals surface area contributed by atoms with E-state index >= 15 is 0 Å². The average Bonchev–Trinajstić information content (AvgIpc) is 3.34. The number of imidazole rings is 1. The maximum Gasteiger partial charge on any atom is 0.261 e. The van der Waals surface area contributed by atoms with Gasteiger partial charge in [0.15, 0.2) is 0 Å². The van der Waals surface area contributed by atoms with Crippen molar-refractivity contribution in [1.82, 2.24) is 24.9 Å². The fraction of sp³-hybridized carbons (Fsp3) is 0.259. The van der Waals surface area contributed by atoms with E-state index in [1.165, 1.54) is 0 Å². The number of nitrogens with one attached hydrogen (secondary N) is 3. The lowest BCUT2D eigenvalue weighted by Gasteiger charge is -2.29. The van der Waals surface area contributed by atoms with E-state index in [-0.39, 0.29) is 11.6 Å². The Morgan fingerprint density at radius 2 is 1.81 bits per heavy atom. The van der Waals surface area contributed by atoms with Crippen LogP contribution in [0.1, 0.15) is 24.4 Å². The van der Waals surface area contributed by atoms with E-state index in [0.717, 1.165) is 59.5 Å². The Kier molecular flexibility index (Phi) is 5.61. The molecule has 1 aliphatic rings. The number of rotatable bonds is 5. The van der Waals surface area contributed by atoms with Crippen molar-refractivity contribution < 1.29 is 4.74 Å². The number of H-pyrrole nitrogens is 2. The second kappa shape index (κ2) is 9.09. The van der Waals surface area contributed by atoms with Gasteiger partial charge in [-0.3, -0.25) is 4.79 Å². The predicted molar refractivity (Wildman–Crippen MR) is 141 cm³/mol. The monoisotopic (exact) mass is 481 g/mol. The minimum atomic E-state index is -0.228. The Bertz CT molecular complexity index is 1600. The van der Waals surface area contributed by atoms with Gasteiger partial charge in [-0.2, -0.15) is 0 Å². The van der Waals surface area contributed by atoms with Crippen molar-refractivity contribution in [3.63, 3.8) is 0 Å². The normalized spacial score (nSPS) is 14.9. The van der Waals surface area contributed by atoms with Crippen LogP contribution < -0.4 is 15.8 Å². The van der Waals surface area contributed by atoms with Gasteiger partial charge in [0.05, 0.1) is 41.5 Å². The summed E-state index contributed by atoms with van der Waals surface area (Å²) in [5, 5.41) is 4.39. The number of aromatic amines is 2. The molecular weight excluding hydrogens is 454 g/mol. The topological polar surface area (TPSA) is 112 Å². The lowest BCUT2D eigenvalue weighted by Crippen LogP contribution is -2.36. The number of para-hydroxylation sites is 1. The molecular formula is C27H27N7O2. The number of hydrogen-bond acceptors (Lipinski definition) is 7. The molecule has 1 fully saturated rings. The summed E-state index contributed by atoms with van der Waals surface area (Å²) < 4.78 is 5.51. The van der Waals surface area contributed by atoms with Gasteiger partial charge in [0.2, 0.25) is 0 Å². The molecule has 0 spiro atoms. The van der Waals surface area contributed by atoms with E-state index < -0.39 is 0 Å². The highest BCUT2D eigenvalue weighted by Crippen LogP contribution is 2.34. The van der Waals surface area contributed by atoms with Gasteiger partial charge in [0.25, 0.3) is 5.56 Å². The number of aryl methyl sites for hydroxylation is 1. The van der Waals surface area contributed by atoms with Gasteiger partial charge in [-0.15, -0.1) is 0 Å². The molecule has 3 aromatic heterocycles. The molecule has 3 N–H and O–H groups in total. The fourth-order valence-electron chi connectivity index (χ4n) is 4.83. The smallest absolute Gasteiger partial charge is 0.261 e. The van der Waals surface area contributed by atoms with Gasteiger partial charge in [-0.1, -0.05) is 18.2 Å². The van der Waals surface area contributed by atoms with Crippen molar-refractivity contribution >= 4 is 33.3 Å². The molecule has 9 heteroatoms. The Labute approximate surface area is 207 Å². The van der Waals surface area contributed by atoms with Crippen molar-refractivity contribution in [3.05, 3.63) is 76.6 Å². The Hall–Kier alpha value is -4.24. The number of benzene rings is 2. The van der Waals surface area contributed by atoms with E-state index in [1.807, 2.05) is 31.2 Å². The zero-order chi connectivity index (χ0) is 24.6. The van der Waals surface area contributed by atoms with Crippen LogP contribution in [0.5, 0.6) is 0 Å². The molecule has 0 aliphatic carbocycles. The molecule has 6 rings (SSSR count). The number of morpholine rings is 1. The fourth-order valence-corrected chi connectivity index (χ4v) is 4.83. The van der Waals surface area contributed by atoms with E-state index in [2.05, 4.69) is 49.2 Å². The Morgan fingerprint density at radius 3 is 2.61 bits per heavy atom. The summed E-state index contributed by atoms with van der Waals surface area (Å²) in [6.45, 7) is 7.17. The highest BCUT2D eigenvalue weighted by Gasteiger charge is 2.22. The molecule has 0 saturated carbocycles. The molecule has 1 aliphatic heterocycles. The molecule has 1 saturated heterocycles. The van der Waals surface area contributed by atoms with Crippen LogP contribution in [0, 0.1) is 6.92 Å². The molecule has 0 radical (unpaired) electrons. The summed E-state index contributed by atoms with van der Waals surface area (Å²) >= 11 is 0. The van der Waals surface area contributed by atoms with Crippen LogP contribution in [-0.4, -0.2) is 51.2 Å². The zero-order valence-electron chi connectivity index (χ0n) is 20.2. The van der Waals surface area contributed by atoms with Gasteiger partial charge >= 0.3 is 0 Å². The van der Waals surface area contributed by atoms with Gasteiger partial charge in [-0.05, 0) is 43.7 Å². The second-order valence-corrected chi connectivity index (χ2v) is 9.07. The first-order chi connectivity index (χ1) is 17.6. The van der Waals surface area contributed by atoms with Gasteiger partial charge < -0.3 is 24.9 Å². The summed E-state index contributed by atoms with van der Waals surface area (Å²) in [4.78, 5) is 35.9. The van der Waals surface area contributed by atoms with Crippen molar-refractivity contribution in [2.75, 3.05) is 36.5 Å². The van der Waals surface area contributed by atoms with Crippen LogP contribution >= 0.6 is 0 Å². The first kappa shape index (κ1) is 22.2. The number of anilines is 2. The molecule has 1 atom stereocenters. The summed E-state index contributed by atoms with van der Waals surface area (Å²) in [6.07, 6.45) is 3.43. The van der Waals surface area contributed by atoms with Crippen LogP contribution in [0.15, 0.2) is 59.7 Å². The Balaban J connectivity index is 1.50. The van der Waals surface area contributed by atoms with Crippen LogP contribution in [0.25, 0.3) is 33.3 Å². The summed E-state index contributed by atoms with van der Waals surface area (Å²) in [5.41, 5.74) is 5.59. The number of nitrogens with zero attached hydrogens (tertiary/aromatic N) is 4. The molecule has 182 valence electrons. The third kappa shape index (κ3) is 3.97. The van der Waals surface area contributed by atoms with E-state index in [9.17, 15) is 4.79 Å². The summed E-state index contributed by atoms with van der Waals surface area (Å²) in [5.74, 6) is 1.16. The van der Waals surface area contributed by atoms with Crippen LogP contribution in [0.2, 0.25) is 0 Å². The summed E-state index contributed by atoms with van der Waals surface area (Å²) in [7, 11) is 0. The number of fused-ring (bicyclic) bond motifs is 2. The zero-order valence-corrected chi connectivity index (χ0v) is 20.2. The molecule has 2 aromatic carbocycles. The minimum absolute atomic E-state index is 0.220. The van der Waals surface area contributed by atoms with Crippen LogP contribution in [0.3, 0.4) is 0 Å². The van der Waals surface area contributed by atoms with Crippen molar-refractivity contribution in [1.29, 1.82) is 0 Å². The second-order valence-electron chi connectivity index (χ2n) is 9.07. The van der Waals surface area contributed by atoms with E-state index in [4.69, 9.17) is 9.72 Å².